The van der Waals surface area contributed by atoms with Gasteiger partial charge in [-0.15, -0.1) is 0 Å². The molecule has 27 heavy (non-hydrogen) atoms. The Kier molecular flexibility index (Phi) is 4.45. The molecule has 1 aliphatic heterocycles. The van der Waals surface area contributed by atoms with E-state index in [4.69, 9.17) is 8.94 Å². The number of carbonyl (C=O) groups excluding carboxylic acids is 1. The van der Waals surface area contributed by atoms with Crippen LogP contribution < -0.4 is 0 Å². The third kappa shape index (κ3) is 3.46. The van der Waals surface area contributed by atoms with Crippen molar-refractivity contribution in [3.8, 4) is 11.4 Å². The number of hydrogen-bond donors (Lipinski definition) is 1. The molecule has 1 N–H and O–H groups in total. The van der Waals surface area contributed by atoms with Gasteiger partial charge in [-0.3, -0.25) is 9.59 Å². The number of nitrogens with zero attached hydrogens (tertiary/aromatic N) is 3. The molecular formula is C19H17N3O5. The zero-order valence-corrected chi connectivity index (χ0v) is 14.4. The molecule has 1 amide bonds. The zero-order chi connectivity index (χ0) is 18.8. The van der Waals surface area contributed by atoms with Gasteiger partial charge in [0.1, 0.15) is 6.26 Å². The molecule has 8 heteroatoms. The predicted molar refractivity (Wildman–Crippen MR) is 92.6 cm³/mol. The summed E-state index contributed by atoms with van der Waals surface area (Å²) >= 11 is 0. The molecule has 1 aromatic carbocycles. The normalized spacial score (nSPS) is 16.1. The summed E-state index contributed by atoms with van der Waals surface area (Å²) in [5.74, 6) is -1.02. The van der Waals surface area contributed by atoms with E-state index in [9.17, 15) is 14.7 Å². The van der Waals surface area contributed by atoms with Gasteiger partial charge < -0.3 is 18.9 Å². The summed E-state index contributed by atoms with van der Waals surface area (Å²) in [4.78, 5) is 30.0. The van der Waals surface area contributed by atoms with Crippen LogP contribution >= 0.6 is 0 Å². The topological polar surface area (TPSA) is 110 Å². The third-order valence-electron chi connectivity index (χ3n) is 4.65. The van der Waals surface area contributed by atoms with Gasteiger partial charge in [0.2, 0.25) is 17.6 Å². The van der Waals surface area contributed by atoms with Gasteiger partial charge in [-0.05, 0) is 17.2 Å². The summed E-state index contributed by atoms with van der Waals surface area (Å²) in [6, 6.07) is 9.06. The molecule has 1 atom stereocenters. The highest BCUT2D eigenvalue weighted by atomic mass is 16.5. The van der Waals surface area contributed by atoms with Gasteiger partial charge >= 0.3 is 5.97 Å². The lowest BCUT2D eigenvalue weighted by Gasteiger charge is -2.32. The number of hydrogen-bond acceptors (Lipinski definition) is 6. The second-order valence-corrected chi connectivity index (χ2v) is 6.39. The Balaban J connectivity index is 1.42. The number of aromatic nitrogens is 2. The number of benzene rings is 1. The smallest absolute Gasteiger partial charge is 0.312 e. The molecular weight excluding hydrogens is 350 g/mol. The monoisotopic (exact) mass is 367 g/mol. The number of aryl methyl sites for hydroxylation is 1. The van der Waals surface area contributed by atoms with Gasteiger partial charge in [-0.1, -0.05) is 29.4 Å². The lowest BCUT2D eigenvalue weighted by molar-refractivity contribution is -0.141. The maximum Gasteiger partial charge on any atom is 0.312 e. The van der Waals surface area contributed by atoms with Crippen LogP contribution in [0.2, 0.25) is 0 Å². The Labute approximate surface area is 154 Å². The van der Waals surface area contributed by atoms with Crippen molar-refractivity contribution in [3.63, 3.8) is 0 Å². The van der Waals surface area contributed by atoms with Crippen molar-refractivity contribution >= 4 is 11.9 Å². The van der Waals surface area contributed by atoms with Crippen LogP contribution in [-0.2, 0) is 22.6 Å². The summed E-state index contributed by atoms with van der Waals surface area (Å²) in [6.07, 6.45) is 3.49. The van der Waals surface area contributed by atoms with Gasteiger partial charge in [-0.25, -0.2) is 0 Å². The minimum absolute atomic E-state index is 0.140. The molecule has 8 nitrogen and oxygen atoms in total. The van der Waals surface area contributed by atoms with E-state index in [0.717, 1.165) is 11.1 Å². The second-order valence-electron chi connectivity index (χ2n) is 6.39. The fraction of sp³-hybridized carbons (Fsp3) is 0.263. The van der Waals surface area contributed by atoms with E-state index < -0.39 is 11.9 Å². The molecule has 0 fully saturated rings. The fourth-order valence-electron chi connectivity index (χ4n) is 3.25. The first-order valence-electron chi connectivity index (χ1n) is 8.55. The number of fused-ring (bicyclic) bond motifs is 1. The largest absolute Gasteiger partial charge is 0.481 e. The first kappa shape index (κ1) is 17.0. The molecule has 0 spiro atoms. The Morgan fingerprint density at radius 3 is 2.89 bits per heavy atom. The SMILES string of the molecule is O=C(O)C1CN(C(=O)CCc2nc(-c3ccoc3)no2)Cc2ccccc21. The summed E-state index contributed by atoms with van der Waals surface area (Å²) in [5, 5.41) is 13.4. The summed E-state index contributed by atoms with van der Waals surface area (Å²) in [7, 11) is 0. The molecule has 0 saturated heterocycles. The zero-order valence-electron chi connectivity index (χ0n) is 14.4. The second kappa shape index (κ2) is 7.06. The average molecular weight is 367 g/mol. The summed E-state index contributed by atoms with van der Waals surface area (Å²) < 4.78 is 10.2. The minimum Gasteiger partial charge on any atom is -0.481 e. The average Bonchev–Trinajstić information content (AvgIpc) is 3.36. The van der Waals surface area contributed by atoms with Gasteiger partial charge in [-0.2, -0.15) is 4.98 Å². The van der Waals surface area contributed by atoms with E-state index in [2.05, 4.69) is 10.1 Å². The summed E-state index contributed by atoms with van der Waals surface area (Å²) in [6.45, 7) is 0.568. The number of carboxylic acids is 1. The predicted octanol–water partition coefficient (Wildman–Crippen LogP) is 2.47. The number of carbonyl (C=O) groups is 2. The molecule has 0 radical (unpaired) electrons. The molecule has 138 valence electrons. The highest BCUT2D eigenvalue weighted by Gasteiger charge is 2.32. The van der Waals surface area contributed by atoms with Crippen LogP contribution in [0, 0.1) is 0 Å². The Hall–Kier alpha value is -3.42. The number of amides is 1. The van der Waals surface area contributed by atoms with E-state index in [1.165, 1.54) is 12.5 Å². The van der Waals surface area contributed by atoms with Gasteiger partial charge in [0.15, 0.2) is 0 Å². The highest BCUT2D eigenvalue weighted by Crippen LogP contribution is 2.29. The van der Waals surface area contributed by atoms with Crippen molar-refractivity contribution in [1.82, 2.24) is 15.0 Å². The van der Waals surface area contributed by atoms with Crippen LogP contribution in [-0.4, -0.2) is 38.6 Å². The maximum atomic E-state index is 12.6. The van der Waals surface area contributed by atoms with Crippen molar-refractivity contribution in [3.05, 3.63) is 59.9 Å². The molecule has 1 aliphatic rings. The Morgan fingerprint density at radius 1 is 1.26 bits per heavy atom. The fourth-order valence-corrected chi connectivity index (χ4v) is 3.25. The van der Waals surface area contributed by atoms with Gasteiger partial charge in [0.25, 0.3) is 0 Å². The van der Waals surface area contributed by atoms with E-state index in [0.29, 0.717) is 30.2 Å². The lowest BCUT2D eigenvalue weighted by atomic mass is 9.89. The highest BCUT2D eigenvalue weighted by molar-refractivity contribution is 5.81. The first-order chi connectivity index (χ1) is 13.1. The molecule has 3 aromatic rings. The Morgan fingerprint density at radius 2 is 2.11 bits per heavy atom. The number of furan rings is 1. The van der Waals surface area contributed by atoms with E-state index in [1.807, 2.05) is 24.3 Å². The summed E-state index contributed by atoms with van der Waals surface area (Å²) in [5.41, 5.74) is 2.34. The van der Waals surface area contributed by atoms with Crippen LogP contribution in [0.4, 0.5) is 0 Å². The quantitative estimate of drug-likeness (QED) is 0.737. The molecule has 0 aliphatic carbocycles. The van der Waals surface area contributed by atoms with Crippen molar-refractivity contribution in [2.75, 3.05) is 6.54 Å². The molecule has 4 rings (SSSR count). The van der Waals surface area contributed by atoms with E-state index >= 15 is 0 Å². The van der Waals surface area contributed by atoms with Crippen molar-refractivity contribution in [2.24, 2.45) is 0 Å². The molecule has 0 bridgehead atoms. The van der Waals surface area contributed by atoms with Crippen LogP contribution in [0.15, 0.2) is 51.8 Å². The minimum atomic E-state index is -0.929. The van der Waals surface area contributed by atoms with Gasteiger partial charge in [0.05, 0.1) is 17.7 Å². The van der Waals surface area contributed by atoms with Crippen LogP contribution in [0.5, 0.6) is 0 Å². The molecule has 3 heterocycles. The molecule has 0 saturated carbocycles. The van der Waals surface area contributed by atoms with Crippen LogP contribution in [0.3, 0.4) is 0 Å². The van der Waals surface area contributed by atoms with Crippen molar-refractivity contribution < 1.29 is 23.6 Å². The molecule has 2 aromatic heterocycles. The molecule has 1 unspecified atom stereocenters. The van der Waals surface area contributed by atoms with E-state index in [1.54, 1.807) is 11.0 Å². The number of rotatable bonds is 5. The van der Waals surface area contributed by atoms with Gasteiger partial charge in [0, 0.05) is 25.9 Å². The van der Waals surface area contributed by atoms with Crippen LogP contribution in [0.1, 0.15) is 29.4 Å². The van der Waals surface area contributed by atoms with Crippen molar-refractivity contribution in [2.45, 2.75) is 25.3 Å². The maximum absolute atomic E-state index is 12.6. The van der Waals surface area contributed by atoms with Crippen molar-refractivity contribution in [1.29, 1.82) is 0 Å². The third-order valence-corrected chi connectivity index (χ3v) is 4.65. The number of carboxylic acid groups (broad SMARTS) is 1. The van der Waals surface area contributed by atoms with Crippen LogP contribution in [0.25, 0.3) is 11.4 Å². The van der Waals surface area contributed by atoms with E-state index in [-0.39, 0.29) is 18.9 Å². The number of aliphatic carboxylic acids is 1. The standard InChI is InChI=1S/C19H17N3O5/c23-17(6-5-16-20-18(21-27-16)13-7-8-26-11-13)22-9-12-3-1-2-4-14(12)15(10-22)19(24)25/h1-4,7-8,11,15H,5-6,9-10H2,(H,24,25). The lowest BCUT2D eigenvalue weighted by Crippen LogP contribution is -2.40. The first-order valence-corrected chi connectivity index (χ1v) is 8.55. The Bertz CT molecular complexity index is 963.